The summed E-state index contributed by atoms with van der Waals surface area (Å²) in [6, 6.07) is 11.7. The first-order valence-electron chi connectivity index (χ1n) is 8.54. The summed E-state index contributed by atoms with van der Waals surface area (Å²) in [4.78, 5) is 8.58. The highest BCUT2D eigenvalue weighted by atomic mass is 19.1. The van der Waals surface area contributed by atoms with Crippen LogP contribution in [0.3, 0.4) is 0 Å². The standard InChI is InChI=1S/C19H23FN4O2/c1-21-19(22-13-14-6-7-17(25)15(20)12-14)24-10-8-23(9-11-24)16-4-2-3-5-18(16)26/h2-7,12,25-26H,8-11,13H2,1H3,(H,21,22). The van der Waals surface area contributed by atoms with Crippen LogP contribution in [0.2, 0.25) is 0 Å². The summed E-state index contributed by atoms with van der Waals surface area (Å²) >= 11 is 0. The lowest BCUT2D eigenvalue weighted by molar-refractivity contribution is 0.369. The van der Waals surface area contributed by atoms with E-state index in [1.807, 2.05) is 18.2 Å². The number of halogens is 1. The van der Waals surface area contributed by atoms with E-state index in [0.29, 0.717) is 6.54 Å². The molecule has 26 heavy (non-hydrogen) atoms. The van der Waals surface area contributed by atoms with Crippen molar-refractivity contribution in [2.45, 2.75) is 6.54 Å². The SMILES string of the molecule is CN=C(NCc1ccc(O)c(F)c1)N1CCN(c2ccccc2O)CC1. The van der Waals surface area contributed by atoms with E-state index in [9.17, 15) is 14.6 Å². The van der Waals surface area contributed by atoms with E-state index in [0.717, 1.165) is 43.4 Å². The number of hydrogen-bond acceptors (Lipinski definition) is 4. The predicted molar refractivity (Wildman–Crippen MR) is 100 cm³/mol. The van der Waals surface area contributed by atoms with Gasteiger partial charge in [-0.05, 0) is 29.8 Å². The zero-order valence-corrected chi connectivity index (χ0v) is 14.7. The summed E-state index contributed by atoms with van der Waals surface area (Å²) < 4.78 is 13.4. The van der Waals surface area contributed by atoms with Crippen molar-refractivity contribution in [2.24, 2.45) is 4.99 Å². The van der Waals surface area contributed by atoms with E-state index < -0.39 is 5.82 Å². The normalized spacial score (nSPS) is 15.2. The molecule has 0 saturated carbocycles. The largest absolute Gasteiger partial charge is 0.506 e. The highest BCUT2D eigenvalue weighted by Gasteiger charge is 2.21. The Labute approximate surface area is 152 Å². The van der Waals surface area contributed by atoms with Gasteiger partial charge in [0.25, 0.3) is 0 Å². The summed E-state index contributed by atoms with van der Waals surface area (Å²) in [5.41, 5.74) is 1.57. The summed E-state index contributed by atoms with van der Waals surface area (Å²) in [7, 11) is 1.72. The minimum absolute atomic E-state index is 0.290. The Kier molecular flexibility index (Phi) is 5.46. The molecule has 0 radical (unpaired) electrons. The highest BCUT2D eigenvalue weighted by molar-refractivity contribution is 5.80. The average molecular weight is 358 g/mol. The maximum Gasteiger partial charge on any atom is 0.194 e. The summed E-state index contributed by atoms with van der Waals surface area (Å²) in [6.07, 6.45) is 0. The third-order valence-corrected chi connectivity index (χ3v) is 4.48. The van der Waals surface area contributed by atoms with Gasteiger partial charge in [-0.2, -0.15) is 0 Å². The fraction of sp³-hybridized carbons (Fsp3) is 0.316. The first-order chi connectivity index (χ1) is 12.6. The molecule has 7 heteroatoms. The van der Waals surface area contributed by atoms with Gasteiger partial charge in [-0.1, -0.05) is 18.2 Å². The summed E-state index contributed by atoms with van der Waals surface area (Å²) in [5.74, 6) is 0.0576. The highest BCUT2D eigenvalue weighted by Crippen LogP contribution is 2.27. The molecule has 0 atom stereocenters. The number of aromatic hydroxyl groups is 2. The number of aliphatic imine (C=N–C) groups is 1. The maximum absolute atomic E-state index is 13.4. The molecule has 1 heterocycles. The monoisotopic (exact) mass is 358 g/mol. The number of anilines is 1. The fourth-order valence-corrected chi connectivity index (χ4v) is 3.06. The van der Waals surface area contributed by atoms with Gasteiger partial charge < -0.3 is 25.3 Å². The number of phenols is 2. The second-order valence-corrected chi connectivity index (χ2v) is 6.15. The molecule has 1 fully saturated rings. The Balaban J connectivity index is 1.57. The number of benzene rings is 2. The second kappa shape index (κ2) is 7.95. The first-order valence-corrected chi connectivity index (χ1v) is 8.54. The van der Waals surface area contributed by atoms with Crippen LogP contribution in [-0.2, 0) is 6.54 Å². The molecule has 1 saturated heterocycles. The van der Waals surface area contributed by atoms with Crippen molar-refractivity contribution in [3.8, 4) is 11.5 Å². The van der Waals surface area contributed by atoms with E-state index in [1.54, 1.807) is 19.2 Å². The molecule has 0 spiro atoms. The van der Waals surface area contributed by atoms with Gasteiger partial charge in [0.05, 0.1) is 5.69 Å². The third-order valence-electron chi connectivity index (χ3n) is 4.48. The predicted octanol–water partition coefficient (Wildman–Crippen LogP) is 2.13. The van der Waals surface area contributed by atoms with Gasteiger partial charge in [-0.3, -0.25) is 4.99 Å². The zero-order chi connectivity index (χ0) is 18.5. The molecule has 0 aliphatic carbocycles. The number of guanidine groups is 1. The van der Waals surface area contributed by atoms with E-state index in [-0.39, 0.29) is 11.5 Å². The zero-order valence-electron chi connectivity index (χ0n) is 14.7. The van der Waals surface area contributed by atoms with Crippen molar-refractivity contribution >= 4 is 11.6 Å². The molecule has 3 rings (SSSR count). The maximum atomic E-state index is 13.4. The number of para-hydroxylation sites is 2. The molecule has 3 N–H and O–H groups in total. The summed E-state index contributed by atoms with van der Waals surface area (Å²) in [6.45, 7) is 3.48. The molecular formula is C19H23FN4O2. The van der Waals surface area contributed by atoms with E-state index in [2.05, 4.69) is 20.1 Å². The molecule has 2 aromatic carbocycles. The second-order valence-electron chi connectivity index (χ2n) is 6.15. The Hall–Kier alpha value is -2.96. The molecule has 0 unspecified atom stereocenters. The number of nitrogens with one attached hydrogen (secondary N) is 1. The van der Waals surface area contributed by atoms with E-state index in [4.69, 9.17) is 0 Å². The fourth-order valence-electron chi connectivity index (χ4n) is 3.06. The third kappa shape index (κ3) is 3.99. The number of nitrogens with zero attached hydrogens (tertiary/aromatic N) is 3. The van der Waals surface area contributed by atoms with E-state index in [1.165, 1.54) is 12.1 Å². The van der Waals surface area contributed by atoms with Crippen LogP contribution in [0.4, 0.5) is 10.1 Å². The molecule has 0 amide bonds. The minimum Gasteiger partial charge on any atom is -0.506 e. The van der Waals surface area contributed by atoms with Crippen LogP contribution in [0, 0.1) is 5.82 Å². The molecule has 1 aliphatic rings. The van der Waals surface area contributed by atoms with Crippen molar-refractivity contribution < 1.29 is 14.6 Å². The molecule has 6 nitrogen and oxygen atoms in total. The van der Waals surface area contributed by atoms with Crippen molar-refractivity contribution in [3.63, 3.8) is 0 Å². The molecule has 2 aromatic rings. The van der Waals surface area contributed by atoms with Crippen LogP contribution < -0.4 is 10.2 Å². The van der Waals surface area contributed by atoms with Gasteiger partial charge in [-0.25, -0.2) is 4.39 Å². The molecule has 138 valence electrons. The van der Waals surface area contributed by atoms with E-state index >= 15 is 0 Å². The Morgan fingerprint density at radius 2 is 1.81 bits per heavy atom. The van der Waals surface area contributed by atoms with Gasteiger partial charge in [0.15, 0.2) is 17.5 Å². The lowest BCUT2D eigenvalue weighted by Crippen LogP contribution is -2.52. The van der Waals surface area contributed by atoms with Crippen molar-refractivity contribution in [1.29, 1.82) is 0 Å². The smallest absolute Gasteiger partial charge is 0.194 e. The Morgan fingerprint density at radius 1 is 1.08 bits per heavy atom. The minimum atomic E-state index is -0.629. The van der Waals surface area contributed by atoms with Crippen LogP contribution >= 0.6 is 0 Å². The van der Waals surface area contributed by atoms with Crippen LogP contribution in [-0.4, -0.2) is 54.3 Å². The molecule has 0 aromatic heterocycles. The molecule has 1 aliphatic heterocycles. The van der Waals surface area contributed by atoms with Gasteiger partial charge in [-0.15, -0.1) is 0 Å². The number of piperazine rings is 1. The van der Waals surface area contributed by atoms with Crippen LogP contribution in [0.5, 0.6) is 11.5 Å². The first kappa shape index (κ1) is 17.8. The lowest BCUT2D eigenvalue weighted by Gasteiger charge is -2.37. The quantitative estimate of drug-likeness (QED) is 0.579. The van der Waals surface area contributed by atoms with Gasteiger partial charge in [0.1, 0.15) is 5.75 Å². The number of phenolic OH excluding ortho intramolecular Hbond substituents is 2. The lowest BCUT2D eigenvalue weighted by atomic mass is 10.2. The Morgan fingerprint density at radius 3 is 2.46 bits per heavy atom. The van der Waals surface area contributed by atoms with Crippen molar-refractivity contribution in [1.82, 2.24) is 10.2 Å². The number of hydrogen-bond donors (Lipinski definition) is 3. The van der Waals surface area contributed by atoms with Gasteiger partial charge in [0.2, 0.25) is 0 Å². The van der Waals surface area contributed by atoms with Crippen molar-refractivity contribution in [2.75, 3.05) is 38.1 Å². The van der Waals surface area contributed by atoms with Crippen LogP contribution in [0.15, 0.2) is 47.5 Å². The van der Waals surface area contributed by atoms with Gasteiger partial charge in [0, 0.05) is 39.8 Å². The van der Waals surface area contributed by atoms with Gasteiger partial charge >= 0.3 is 0 Å². The van der Waals surface area contributed by atoms with Crippen LogP contribution in [0.1, 0.15) is 5.56 Å². The summed E-state index contributed by atoms with van der Waals surface area (Å²) in [5, 5.41) is 22.5. The van der Waals surface area contributed by atoms with Crippen LogP contribution in [0.25, 0.3) is 0 Å². The number of rotatable bonds is 3. The average Bonchev–Trinajstić information content (AvgIpc) is 2.66. The van der Waals surface area contributed by atoms with Crippen molar-refractivity contribution in [3.05, 3.63) is 53.8 Å². The molecular weight excluding hydrogens is 335 g/mol. The topological polar surface area (TPSA) is 71.3 Å². The Bertz CT molecular complexity index is 789. The molecule has 0 bridgehead atoms.